The Balaban J connectivity index is 0.834. The fourth-order valence-electron chi connectivity index (χ4n) is 8.75. The molecule has 1 fully saturated rings. The molecule has 5 heterocycles. The summed E-state index contributed by atoms with van der Waals surface area (Å²) in [6.45, 7) is 0.299. The Kier molecular flexibility index (Phi) is 13.0. The number of nitrogens with zero attached hydrogens (tertiary/aromatic N) is 5. The molecule has 3 aliphatic heterocycles. The number of amides is 7. The van der Waals surface area contributed by atoms with Crippen LogP contribution in [-0.2, 0) is 32.0 Å². The van der Waals surface area contributed by atoms with Gasteiger partial charge in [0, 0.05) is 45.4 Å². The van der Waals surface area contributed by atoms with E-state index in [0.717, 1.165) is 41.7 Å². The van der Waals surface area contributed by atoms with Crippen molar-refractivity contribution >= 4 is 81.2 Å². The lowest BCUT2D eigenvalue weighted by atomic mass is 9.97. The number of carbonyl (C=O) groups excluding carboxylic acids is 7. The van der Waals surface area contributed by atoms with Gasteiger partial charge in [0.15, 0.2) is 0 Å². The van der Waals surface area contributed by atoms with E-state index in [9.17, 15) is 38.0 Å². The SMILES string of the molecule is CNC(=O)c1c(F)cccc1Nc1nc(Nc2cc3c(cc2OC)CCN3C(=O)CN(C)C(=O)CCCCCCCc2cccc3c2C(=O)N(C2CCC(=O)NC2=O)C3=O)nc2[nH]ccc12. The molecular weight excluding hydrogens is 852 g/mol. The number of aromatic amines is 1. The second kappa shape index (κ2) is 19.2. The molecule has 0 saturated carbocycles. The number of hydrogen-bond donors (Lipinski definition) is 5. The molecule has 7 amide bonds. The molecule has 0 spiro atoms. The summed E-state index contributed by atoms with van der Waals surface area (Å²) in [5.74, 6) is -2.86. The first kappa shape index (κ1) is 44.9. The number of anilines is 5. The number of fused-ring (bicyclic) bond motifs is 3. The largest absolute Gasteiger partial charge is 0.495 e. The summed E-state index contributed by atoms with van der Waals surface area (Å²) in [4.78, 5) is 107. The van der Waals surface area contributed by atoms with E-state index >= 15 is 0 Å². The lowest BCUT2D eigenvalue weighted by Crippen LogP contribution is -2.54. The number of aryl methyl sites for hydroxylation is 1. The summed E-state index contributed by atoms with van der Waals surface area (Å²) < 4.78 is 20.5. The van der Waals surface area contributed by atoms with Gasteiger partial charge in [0.1, 0.15) is 29.1 Å². The lowest BCUT2D eigenvalue weighted by molar-refractivity contribution is -0.136. The quantitative estimate of drug-likeness (QED) is 0.0593. The molecule has 3 aromatic carbocycles. The number of H-pyrrole nitrogens is 1. The van der Waals surface area contributed by atoms with Gasteiger partial charge in [0.05, 0.1) is 47.1 Å². The van der Waals surface area contributed by atoms with Crippen molar-refractivity contribution in [3.05, 3.63) is 94.4 Å². The Morgan fingerprint density at radius 1 is 0.924 bits per heavy atom. The standard InChI is InChI=1S/C47H49FN10O8/c1-49-44(63)40-30(48)14-10-15-31(40)51-42-29-19-21-50-41(29)54-47(55-42)52-32-24-34-27(23-35(32)66-3)20-22-57(34)38(61)25-56(2)37(60)16-8-6-4-5-7-11-26-12-9-13-28-39(26)46(65)58(45(28)64)33-17-18-36(59)53-43(33)62/h9-10,12-15,19,21,23-24,33H,4-8,11,16-18,20,22,25H2,1-3H3,(H,49,63)(H,53,59,62)(H3,50,51,52,54,55). The molecule has 5 N–H and O–H groups in total. The number of unbranched alkanes of at least 4 members (excludes halogenated alkanes) is 4. The van der Waals surface area contributed by atoms with E-state index in [1.54, 1.807) is 48.5 Å². The number of methoxy groups -OCH3 is 1. The van der Waals surface area contributed by atoms with E-state index in [4.69, 9.17) is 4.74 Å². The fraction of sp³-hybridized carbons (Fsp3) is 0.340. The maximum Gasteiger partial charge on any atom is 0.262 e. The summed E-state index contributed by atoms with van der Waals surface area (Å²) in [6, 6.07) is 13.8. The zero-order chi connectivity index (χ0) is 46.6. The number of aromatic nitrogens is 3. The van der Waals surface area contributed by atoms with Gasteiger partial charge < -0.3 is 35.5 Å². The molecule has 0 aliphatic carbocycles. The number of nitrogens with one attached hydrogen (secondary N) is 5. The van der Waals surface area contributed by atoms with Crippen LogP contribution in [-0.4, -0.2) is 106 Å². The number of imide groups is 2. The maximum atomic E-state index is 14.8. The zero-order valence-electron chi connectivity index (χ0n) is 36.7. The van der Waals surface area contributed by atoms with Gasteiger partial charge >= 0.3 is 0 Å². The molecule has 342 valence electrons. The number of likely N-dealkylation sites (N-methyl/N-ethyl adjacent to an activating group) is 1. The predicted octanol–water partition coefficient (Wildman–Crippen LogP) is 5.28. The minimum atomic E-state index is -1.01. The fourth-order valence-corrected chi connectivity index (χ4v) is 8.75. The number of carbonyl (C=O) groups is 7. The highest BCUT2D eigenvalue weighted by Crippen LogP contribution is 2.39. The van der Waals surface area contributed by atoms with Gasteiger partial charge in [0.2, 0.25) is 29.6 Å². The molecular formula is C47H49FN10O8. The first-order chi connectivity index (χ1) is 31.9. The molecule has 3 aliphatic rings. The molecule has 0 radical (unpaired) electrons. The third-order valence-corrected chi connectivity index (χ3v) is 12.2. The van der Waals surface area contributed by atoms with Crippen LogP contribution in [0.4, 0.5) is 33.2 Å². The van der Waals surface area contributed by atoms with Crippen molar-refractivity contribution in [1.29, 1.82) is 0 Å². The molecule has 8 rings (SSSR count). The van der Waals surface area contributed by atoms with Gasteiger partial charge in [-0.25, -0.2) is 4.39 Å². The highest BCUT2D eigenvalue weighted by Gasteiger charge is 2.45. The van der Waals surface area contributed by atoms with Crippen LogP contribution in [0, 0.1) is 5.82 Å². The lowest BCUT2D eigenvalue weighted by Gasteiger charge is -2.27. The van der Waals surface area contributed by atoms with E-state index in [2.05, 4.69) is 36.2 Å². The normalized spacial score (nSPS) is 15.4. The maximum absolute atomic E-state index is 14.8. The summed E-state index contributed by atoms with van der Waals surface area (Å²) >= 11 is 0. The van der Waals surface area contributed by atoms with Gasteiger partial charge in [-0.05, 0) is 79.6 Å². The van der Waals surface area contributed by atoms with E-state index in [-0.39, 0.29) is 60.4 Å². The topological polar surface area (TPSA) is 228 Å². The smallest absolute Gasteiger partial charge is 0.262 e. The van der Waals surface area contributed by atoms with Gasteiger partial charge in [-0.3, -0.25) is 43.8 Å². The van der Waals surface area contributed by atoms with E-state index in [0.29, 0.717) is 65.3 Å². The molecule has 1 unspecified atom stereocenters. The van der Waals surface area contributed by atoms with Gasteiger partial charge in [-0.15, -0.1) is 0 Å². The van der Waals surface area contributed by atoms with Crippen LogP contribution in [0.15, 0.2) is 60.8 Å². The van der Waals surface area contributed by atoms with Crippen molar-refractivity contribution in [2.75, 3.05) is 49.8 Å². The van der Waals surface area contributed by atoms with Crippen LogP contribution >= 0.6 is 0 Å². The Hall–Kier alpha value is -7.70. The molecule has 0 bridgehead atoms. The third-order valence-electron chi connectivity index (χ3n) is 12.2. The first-order valence-corrected chi connectivity index (χ1v) is 21.8. The molecule has 19 heteroatoms. The second-order valence-electron chi connectivity index (χ2n) is 16.4. The molecule has 5 aromatic rings. The van der Waals surface area contributed by atoms with Crippen LogP contribution in [0.2, 0.25) is 0 Å². The molecule has 1 atom stereocenters. The summed E-state index contributed by atoms with van der Waals surface area (Å²) in [5.41, 5.74) is 3.84. The number of rotatable bonds is 17. The Labute approximate surface area is 378 Å². The van der Waals surface area contributed by atoms with Crippen LogP contribution in [0.25, 0.3) is 11.0 Å². The average molecular weight is 901 g/mol. The van der Waals surface area contributed by atoms with Crippen molar-refractivity contribution in [3.63, 3.8) is 0 Å². The van der Waals surface area contributed by atoms with Crippen LogP contribution in [0.3, 0.4) is 0 Å². The van der Waals surface area contributed by atoms with Gasteiger partial charge in [0.25, 0.3) is 17.7 Å². The van der Waals surface area contributed by atoms with Crippen molar-refractivity contribution < 1.29 is 42.7 Å². The number of piperidine rings is 1. The van der Waals surface area contributed by atoms with Crippen LogP contribution in [0.5, 0.6) is 5.75 Å². The van der Waals surface area contributed by atoms with Crippen LogP contribution in [0.1, 0.15) is 93.6 Å². The average Bonchev–Trinajstić information content (AvgIpc) is 4.02. The number of halogens is 1. The zero-order valence-corrected chi connectivity index (χ0v) is 36.7. The number of benzene rings is 3. The van der Waals surface area contributed by atoms with E-state index in [1.165, 1.54) is 31.2 Å². The molecule has 18 nitrogen and oxygen atoms in total. The Morgan fingerprint density at radius 3 is 2.50 bits per heavy atom. The Bertz CT molecular complexity index is 2790. The molecule has 1 saturated heterocycles. The summed E-state index contributed by atoms with van der Waals surface area (Å²) in [7, 11) is 4.56. The Morgan fingerprint density at radius 2 is 1.71 bits per heavy atom. The highest BCUT2D eigenvalue weighted by atomic mass is 19.1. The van der Waals surface area contributed by atoms with Crippen LogP contribution < -0.4 is 30.9 Å². The summed E-state index contributed by atoms with van der Waals surface area (Å²) in [6.07, 6.45) is 7.12. The van der Waals surface area contributed by atoms with E-state index in [1.807, 2.05) is 12.1 Å². The first-order valence-electron chi connectivity index (χ1n) is 21.8. The molecule has 66 heavy (non-hydrogen) atoms. The van der Waals surface area contributed by atoms with Crippen molar-refractivity contribution in [1.82, 2.24) is 35.4 Å². The van der Waals surface area contributed by atoms with Crippen molar-refractivity contribution in [2.24, 2.45) is 0 Å². The van der Waals surface area contributed by atoms with Gasteiger partial charge in [-0.1, -0.05) is 37.5 Å². The number of hydrogen-bond acceptors (Lipinski definition) is 12. The minimum absolute atomic E-state index is 0.0565. The predicted molar refractivity (Wildman–Crippen MR) is 241 cm³/mol. The monoisotopic (exact) mass is 900 g/mol. The molecule has 2 aromatic heterocycles. The minimum Gasteiger partial charge on any atom is -0.495 e. The summed E-state index contributed by atoms with van der Waals surface area (Å²) in [5, 5.41) is 11.6. The van der Waals surface area contributed by atoms with E-state index < -0.39 is 41.4 Å². The second-order valence-corrected chi connectivity index (χ2v) is 16.4. The number of ether oxygens (including phenoxy) is 1. The van der Waals surface area contributed by atoms with Crippen molar-refractivity contribution in [3.8, 4) is 5.75 Å². The van der Waals surface area contributed by atoms with Crippen molar-refractivity contribution in [2.45, 2.75) is 70.3 Å². The van der Waals surface area contributed by atoms with Gasteiger partial charge in [-0.2, -0.15) is 9.97 Å². The third kappa shape index (κ3) is 9.00. The highest BCUT2D eigenvalue weighted by molar-refractivity contribution is 6.24.